The van der Waals surface area contributed by atoms with Crippen LogP contribution in [0.25, 0.3) is 0 Å². The van der Waals surface area contributed by atoms with E-state index in [2.05, 4.69) is 19.1 Å². The summed E-state index contributed by atoms with van der Waals surface area (Å²) in [5.41, 5.74) is 0. The van der Waals surface area contributed by atoms with Gasteiger partial charge >= 0.3 is 17.9 Å². The number of aliphatic carboxylic acids is 3. The third kappa shape index (κ3) is 24.2. The molecule has 0 amide bonds. The standard InChI is InChI=1S/C30H55NO6/c1-2-3-4-5-6-7-8-9-10-11-12-13-14-15-16-17-18-19-20-24-31(25-21-28(32)33,26-22-29(34)35)27-23-30(36)37/h7-8H,2-6,9-27H2,1H3,(H2-,32,33,34,35,36,37)/p+1/b8-7+. The molecular formula is C30H56NO6+. The number of carboxylic acid groups (broad SMARTS) is 3. The topological polar surface area (TPSA) is 112 Å². The molecular weight excluding hydrogens is 470 g/mol. The molecule has 0 unspecified atom stereocenters. The van der Waals surface area contributed by atoms with Gasteiger partial charge in [0.1, 0.15) is 0 Å². The number of nitrogens with zero attached hydrogens (tertiary/aromatic N) is 1. The van der Waals surface area contributed by atoms with Crippen molar-refractivity contribution in [1.29, 1.82) is 0 Å². The van der Waals surface area contributed by atoms with Gasteiger partial charge in [0.2, 0.25) is 0 Å². The summed E-state index contributed by atoms with van der Waals surface area (Å²) >= 11 is 0. The van der Waals surface area contributed by atoms with Crippen molar-refractivity contribution in [3.05, 3.63) is 12.2 Å². The average molecular weight is 527 g/mol. The zero-order chi connectivity index (χ0) is 27.6. The SMILES string of the molecule is CCCCCC/C=C/CCCCCCCCCCCCC[N+](CCC(=O)O)(CCC(=O)O)CCC(=O)O. The lowest BCUT2D eigenvalue weighted by Gasteiger charge is -2.38. The Morgan fingerprint density at radius 2 is 0.811 bits per heavy atom. The van der Waals surface area contributed by atoms with Crippen LogP contribution in [0.5, 0.6) is 0 Å². The minimum Gasteiger partial charge on any atom is -0.481 e. The van der Waals surface area contributed by atoms with E-state index in [0.717, 1.165) is 19.3 Å². The normalized spacial score (nSPS) is 11.8. The number of hydrogen-bond donors (Lipinski definition) is 3. The van der Waals surface area contributed by atoms with E-state index in [-0.39, 0.29) is 43.4 Å². The van der Waals surface area contributed by atoms with E-state index >= 15 is 0 Å². The minimum atomic E-state index is -0.932. The van der Waals surface area contributed by atoms with Crippen molar-refractivity contribution in [2.45, 2.75) is 135 Å². The van der Waals surface area contributed by atoms with Crippen molar-refractivity contribution in [3.63, 3.8) is 0 Å². The van der Waals surface area contributed by atoms with E-state index < -0.39 is 17.9 Å². The van der Waals surface area contributed by atoms with Crippen LogP contribution in [0.4, 0.5) is 0 Å². The fraction of sp³-hybridized carbons (Fsp3) is 0.833. The minimum absolute atomic E-state index is 0.0743. The predicted octanol–water partition coefficient (Wildman–Crippen LogP) is 7.44. The molecule has 0 rings (SSSR count). The van der Waals surface area contributed by atoms with Crippen molar-refractivity contribution in [1.82, 2.24) is 0 Å². The number of allylic oxidation sites excluding steroid dienone is 2. The van der Waals surface area contributed by atoms with E-state index in [1.807, 2.05) is 0 Å². The monoisotopic (exact) mass is 526 g/mol. The molecule has 0 heterocycles. The van der Waals surface area contributed by atoms with Gasteiger partial charge in [0.15, 0.2) is 0 Å². The quantitative estimate of drug-likeness (QED) is 0.0555. The van der Waals surface area contributed by atoms with Crippen molar-refractivity contribution in [2.75, 3.05) is 26.2 Å². The second kappa shape index (κ2) is 24.4. The lowest BCUT2D eigenvalue weighted by atomic mass is 10.0. The van der Waals surface area contributed by atoms with Gasteiger partial charge in [-0.2, -0.15) is 0 Å². The number of rotatable bonds is 28. The van der Waals surface area contributed by atoms with Gasteiger partial charge in [-0.25, -0.2) is 0 Å². The van der Waals surface area contributed by atoms with Crippen LogP contribution in [0.2, 0.25) is 0 Å². The van der Waals surface area contributed by atoms with Gasteiger partial charge < -0.3 is 19.8 Å². The largest absolute Gasteiger partial charge is 0.481 e. The van der Waals surface area contributed by atoms with Crippen LogP contribution in [0.1, 0.15) is 135 Å². The van der Waals surface area contributed by atoms with Crippen molar-refractivity contribution < 1.29 is 34.2 Å². The molecule has 37 heavy (non-hydrogen) atoms. The Bertz CT molecular complexity index is 574. The summed E-state index contributed by atoms with van der Waals surface area (Å²) in [5, 5.41) is 27.4. The molecule has 0 saturated heterocycles. The number of carbonyl (C=O) groups is 3. The Hall–Kier alpha value is -1.89. The molecule has 0 fully saturated rings. The third-order valence-corrected chi connectivity index (χ3v) is 7.29. The summed E-state index contributed by atoms with van der Waals surface area (Å²) in [6.07, 6.45) is 25.6. The van der Waals surface area contributed by atoms with Gasteiger partial charge in [0.25, 0.3) is 0 Å². The molecule has 0 aliphatic heterocycles. The van der Waals surface area contributed by atoms with Crippen molar-refractivity contribution in [3.8, 4) is 0 Å². The first-order valence-corrected chi connectivity index (χ1v) is 15.0. The molecule has 0 aliphatic carbocycles. The van der Waals surface area contributed by atoms with Crippen molar-refractivity contribution >= 4 is 17.9 Å². The second-order valence-corrected chi connectivity index (χ2v) is 10.7. The Morgan fingerprint density at radius 3 is 1.16 bits per heavy atom. The molecule has 3 N–H and O–H groups in total. The lowest BCUT2D eigenvalue weighted by Crippen LogP contribution is -2.52. The summed E-state index contributed by atoms with van der Waals surface area (Å²) in [4.78, 5) is 33.4. The van der Waals surface area contributed by atoms with Crippen LogP contribution >= 0.6 is 0 Å². The van der Waals surface area contributed by atoms with Crippen LogP contribution in [0, 0.1) is 0 Å². The lowest BCUT2D eigenvalue weighted by molar-refractivity contribution is -0.927. The summed E-state index contributed by atoms with van der Waals surface area (Å²) in [5.74, 6) is -2.80. The van der Waals surface area contributed by atoms with Crippen LogP contribution in [0.15, 0.2) is 12.2 Å². The fourth-order valence-corrected chi connectivity index (χ4v) is 4.89. The third-order valence-electron chi connectivity index (χ3n) is 7.29. The van der Waals surface area contributed by atoms with E-state index in [1.54, 1.807) is 0 Å². The number of unbranched alkanes of at least 4 members (excludes halogenated alkanes) is 15. The maximum Gasteiger partial charge on any atom is 0.309 e. The molecule has 0 saturated carbocycles. The fourth-order valence-electron chi connectivity index (χ4n) is 4.89. The number of hydrogen-bond acceptors (Lipinski definition) is 3. The predicted molar refractivity (Wildman–Crippen MR) is 150 cm³/mol. The zero-order valence-electron chi connectivity index (χ0n) is 23.6. The summed E-state index contributed by atoms with van der Waals surface area (Å²) in [7, 11) is 0. The molecule has 0 aliphatic rings. The van der Waals surface area contributed by atoms with Crippen LogP contribution in [-0.2, 0) is 14.4 Å². The van der Waals surface area contributed by atoms with E-state index in [1.165, 1.54) is 89.9 Å². The van der Waals surface area contributed by atoms with Crippen LogP contribution < -0.4 is 0 Å². The highest BCUT2D eigenvalue weighted by atomic mass is 16.4. The van der Waals surface area contributed by atoms with Crippen molar-refractivity contribution in [2.24, 2.45) is 0 Å². The average Bonchev–Trinajstić information content (AvgIpc) is 2.85. The molecule has 0 atom stereocenters. The second-order valence-electron chi connectivity index (χ2n) is 10.7. The maximum atomic E-state index is 11.1. The van der Waals surface area contributed by atoms with Gasteiger partial charge in [-0.3, -0.25) is 14.4 Å². The number of quaternary nitrogens is 1. The number of carboxylic acids is 3. The first-order chi connectivity index (χ1) is 17.8. The van der Waals surface area contributed by atoms with Crippen LogP contribution in [-0.4, -0.2) is 63.9 Å². The Labute approximate surface area is 225 Å². The summed E-state index contributed by atoms with van der Waals surface area (Å²) in [6.45, 7) is 3.74. The Balaban J connectivity index is 3.94. The van der Waals surface area contributed by atoms with Gasteiger partial charge in [-0.15, -0.1) is 0 Å². The Morgan fingerprint density at radius 1 is 0.486 bits per heavy atom. The first kappa shape index (κ1) is 35.1. The summed E-state index contributed by atoms with van der Waals surface area (Å²) < 4.78 is 0.264. The molecule has 0 spiro atoms. The van der Waals surface area contributed by atoms with E-state index in [4.69, 9.17) is 15.3 Å². The van der Waals surface area contributed by atoms with Gasteiger partial charge in [-0.1, -0.05) is 89.7 Å². The zero-order valence-corrected chi connectivity index (χ0v) is 23.6. The first-order valence-electron chi connectivity index (χ1n) is 15.0. The Kier molecular flexibility index (Phi) is 23.2. The van der Waals surface area contributed by atoms with E-state index in [0.29, 0.717) is 6.54 Å². The van der Waals surface area contributed by atoms with E-state index in [9.17, 15) is 14.4 Å². The molecule has 0 aromatic heterocycles. The molecule has 0 aromatic carbocycles. The molecule has 0 aromatic rings. The molecule has 216 valence electrons. The highest BCUT2D eigenvalue weighted by Crippen LogP contribution is 2.17. The molecule has 0 bridgehead atoms. The molecule has 0 radical (unpaired) electrons. The highest BCUT2D eigenvalue weighted by molar-refractivity contribution is 5.67. The molecule has 7 heteroatoms. The van der Waals surface area contributed by atoms with Crippen LogP contribution in [0.3, 0.4) is 0 Å². The van der Waals surface area contributed by atoms with Gasteiger partial charge in [0.05, 0.1) is 45.4 Å². The van der Waals surface area contributed by atoms with Gasteiger partial charge in [-0.05, 0) is 38.5 Å². The maximum absolute atomic E-state index is 11.1. The smallest absolute Gasteiger partial charge is 0.309 e. The highest BCUT2D eigenvalue weighted by Gasteiger charge is 2.29. The molecule has 7 nitrogen and oxygen atoms in total. The summed E-state index contributed by atoms with van der Waals surface area (Å²) in [6, 6.07) is 0. The van der Waals surface area contributed by atoms with Gasteiger partial charge in [0, 0.05) is 0 Å².